The predicted octanol–water partition coefficient (Wildman–Crippen LogP) is 1.00. The van der Waals surface area contributed by atoms with E-state index < -0.39 is 5.97 Å². The van der Waals surface area contributed by atoms with Gasteiger partial charge in [-0.2, -0.15) is 0 Å². The topological polar surface area (TPSA) is 62.7 Å². The highest BCUT2D eigenvalue weighted by molar-refractivity contribution is 5.85. The number of anilines is 1. The number of rotatable bonds is 2. The molecule has 1 aliphatic rings. The molecule has 0 spiro atoms. The first-order chi connectivity index (χ1) is 7.68. The van der Waals surface area contributed by atoms with Crippen LogP contribution in [0.5, 0.6) is 0 Å². The fourth-order valence-corrected chi connectivity index (χ4v) is 1.77. The maximum Gasteiger partial charge on any atom is 0.354 e. The van der Waals surface area contributed by atoms with Crippen molar-refractivity contribution in [2.45, 2.75) is 13.0 Å². The van der Waals surface area contributed by atoms with E-state index in [-0.39, 0.29) is 11.7 Å². The van der Waals surface area contributed by atoms with E-state index in [9.17, 15) is 4.79 Å². The number of carboxylic acids is 1. The third-order valence-electron chi connectivity index (χ3n) is 2.62. The fourth-order valence-electron chi connectivity index (χ4n) is 1.77. The standard InChI is InChI=1S/C11H14N2O3/c1-8-7-16-6-5-13(8)10-4-2-3-9(12-10)11(14)15/h2-4,8H,5-7H2,1H3,(H,14,15). The third-order valence-corrected chi connectivity index (χ3v) is 2.62. The van der Waals surface area contributed by atoms with Crippen molar-refractivity contribution in [2.75, 3.05) is 24.7 Å². The molecule has 1 fully saturated rings. The summed E-state index contributed by atoms with van der Waals surface area (Å²) in [6.07, 6.45) is 0. The lowest BCUT2D eigenvalue weighted by molar-refractivity contribution is 0.0690. The van der Waals surface area contributed by atoms with Gasteiger partial charge in [0.2, 0.25) is 0 Å². The van der Waals surface area contributed by atoms with Gasteiger partial charge < -0.3 is 14.7 Å². The van der Waals surface area contributed by atoms with Crippen LogP contribution in [0.15, 0.2) is 18.2 Å². The fraction of sp³-hybridized carbons (Fsp3) is 0.455. The Kier molecular flexibility index (Phi) is 3.05. The first-order valence-electron chi connectivity index (χ1n) is 5.23. The van der Waals surface area contributed by atoms with Crippen molar-refractivity contribution in [1.82, 2.24) is 4.98 Å². The van der Waals surface area contributed by atoms with Gasteiger partial charge in [0, 0.05) is 6.54 Å². The zero-order valence-electron chi connectivity index (χ0n) is 9.09. The minimum absolute atomic E-state index is 0.0798. The van der Waals surface area contributed by atoms with Crippen molar-refractivity contribution in [2.24, 2.45) is 0 Å². The second-order valence-corrected chi connectivity index (χ2v) is 3.80. The van der Waals surface area contributed by atoms with Gasteiger partial charge in [0.25, 0.3) is 0 Å². The molecule has 0 saturated carbocycles. The van der Waals surface area contributed by atoms with E-state index in [1.165, 1.54) is 6.07 Å². The summed E-state index contributed by atoms with van der Waals surface area (Å²) in [6, 6.07) is 5.27. The molecule has 1 N–H and O–H groups in total. The molecule has 16 heavy (non-hydrogen) atoms. The highest BCUT2D eigenvalue weighted by atomic mass is 16.5. The average molecular weight is 222 g/mol. The summed E-state index contributed by atoms with van der Waals surface area (Å²) in [6.45, 7) is 4.09. The van der Waals surface area contributed by atoms with E-state index in [4.69, 9.17) is 9.84 Å². The minimum atomic E-state index is -0.997. The van der Waals surface area contributed by atoms with Gasteiger partial charge in [0.15, 0.2) is 5.69 Å². The number of aromatic nitrogens is 1. The molecule has 5 heteroatoms. The monoisotopic (exact) mass is 222 g/mol. The number of ether oxygens (including phenoxy) is 1. The molecule has 1 aromatic rings. The number of carboxylic acid groups (broad SMARTS) is 1. The molecule has 1 aliphatic heterocycles. The summed E-state index contributed by atoms with van der Waals surface area (Å²) in [7, 11) is 0. The molecule has 1 aromatic heterocycles. The lowest BCUT2D eigenvalue weighted by Gasteiger charge is -2.34. The van der Waals surface area contributed by atoms with Crippen LogP contribution in [-0.4, -0.2) is 41.9 Å². The van der Waals surface area contributed by atoms with Gasteiger partial charge in [-0.05, 0) is 19.1 Å². The summed E-state index contributed by atoms with van der Waals surface area (Å²) < 4.78 is 5.33. The number of pyridine rings is 1. The first-order valence-corrected chi connectivity index (χ1v) is 5.23. The molecular weight excluding hydrogens is 208 g/mol. The molecule has 2 heterocycles. The summed E-state index contributed by atoms with van der Waals surface area (Å²) in [5, 5.41) is 8.87. The molecule has 2 rings (SSSR count). The Balaban J connectivity index is 2.25. The SMILES string of the molecule is CC1COCCN1c1cccc(C(=O)O)n1. The Morgan fingerprint density at radius 3 is 3.12 bits per heavy atom. The molecule has 0 aliphatic carbocycles. The van der Waals surface area contributed by atoms with Gasteiger partial charge in [-0.3, -0.25) is 0 Å². The van der Waals surface area contributed by atoms with Crippen molar-refractivity contribution < 1.29 is 14.6 Å². The predicted molar refractivity (Wildman–Crippen MR) is 58.8 cm³/mol. The number of hydrogen-bond acceptors (Lipinski definition) is 4. The Hall–Kier alpha value is -1.62. The maximum atomic E-state index is 10.8. The van der Waals surface area contributed by atoms with Crippen LogP contribution in [0.3, 0.4) is 0 Å². The first kappa shape index (κ1) is 10.9. The van der Waals surface area contributed by atoms with E-state index >= 15 is 0 Å². The highest BCUT2D eigenvalue weighted by Gasteiger charge is 2.20. The second kappa shape index (κ2) is 4.49. The number of hydrogen-bond donors (Lipinski definition) is 1. The maximum absolute atomic E-state index is 10.8. The third kappa shape index (κ3) is 2.14. The Labute approximate surface area is 93.7 Å². The second-order valence-electron chi connectivity index (χ2n) is 3.80. The molecule has 0 amide bonds. The van der Waals surface area contributed by atoms with E-state index in [1.807, 2.05) is 13.0 Å². The van der Waals surface area contributed by atoms with Crippen LogP contribution in [0, 0.1) is 0 Å². The van der Waals surface area contributed by atoms with E-state index in [0.717, 1.165) is 6.54 Å². The zero-order valence-corrected chi connectivity index (χ0v) is 9.09. The van der Waals surface area contributed by atoms with Crippen molar-refractivity contribution >= 4 is 11.8 Å². The van der Waals surface area contributed by atoms with E-state index in [1.54, 1.807) is 6.07 Å². The van der Waals surface area contributed by atoms with Crippen molar-refractivity contribution in [3.63, 3.8) is 0 Å². The smallest absolute Gasteiger partial charge is 0.354 e. The largest absolute Gasteiger partial charge is 0.477 e. The van der Waals surface area contributed by atoms with Crippen molar-refractivity contribution in [3.8, 4) is 0 Å². The minimum Gasteiger partial charge on any atom is -0.477 e. The quantitative estimate of drug-likeness (QED) is 0.809. The average Bonchev–Trinajstić information content (AvgIpc) is 2.30. The molecule has 86 valence electrons. The summed E-state index contributed by atoms with van der Waals surface area (Å²) in [4.78, 5) is 17.0. The Morgan fingerprint density at radius 2 is 2.44 bits per heavy atom. The molecule has 0 radical (unpaired) electrons. The normalized spacial score (nSPS) is 20.8. The molecule has 5 nitrogen and oxygen atoms in total. The molecular formula is C11H14N2O3. The Bertz CT molecular complexity index is 395. The molecule has 1 saturated heterocycles. The van der Waals surface area contributed by atoms with E-state index in [2.05, 4.69) is 9.88 Å². The van der Waals surface area contributed by atoms with Crippen LogP contribution >= 0.6 is 0 Å². The van der Waals surface area contributed by atoms with Gasteiger partial charge >= 0.3 is 5.97 Å². The van der Waals surface area contributed by atoms with Crippen LogP contribution < -0.4 is 4.90 Å². The number of morpholine rings is 1. The lowest BCUT2D eigenvalue weighted by atomic mass is 10.2. The van der Waals surface area contributed by atoms with Gasteiger partial charge in [-0.1, -0.05) is 6.07 Å². The Morgan fingerprint density at radius 1 is 1.62 bits per heavy atom. The van der Waals surface area contributed by atoms with Crippen LogP contribution in [0.25, 0.3) is 0 Å². The molecule has 0 bridgehead atoms. The lowest BCUT2D eigenvalue weighted by Crippen LogP contribution is -2.44. The molecule has 1 unspecified atom stereocenters. The van der Waals surface area contributed by atoms with Crippen LogP contribution in [0.2, 0.25) is 0 Å². The van der Waals surface area contributed by atoms with Crippen molar-refractivity contribution in [1.29, 1.82) is 0 Å². The van der Waals surface area contributed by atoms with Gasteiger partial charge in [0.05, 0.1) is 19.3 Å². The summed E-state index contributed by atoms with van der Waals surface area (Å²) >= 11 is 0. The summed E-state index contributed by atoms with van der Waals surface area (Å²) in [5.41, 5.74) is 0.0798. The van der Waals surface area contributed by atoms with Gasteiger partial charge in [-0.25, -0.2) is 9.78 Å². The van der Waals surface area contributed by atoms with Crippen LogP contribution in [0.4, 0.5) is 5.82 Å². The van der Waals surface area contributed by atoms with Crippen LogP contribution in [0.1, 0.15) is 17.4 Å². The van der Waals surface area contributed by atoms with E-state index in [0.29, 0.717) is 19.0 Å². The molecule has 1 atom stereocenters. The number of nitrogens with zero attached hydrogens (tertiary/aromatic N) is 2. The number of carbonyl (C=O) groups is 1. The summed E-state index contributed by atoms with van der Waals surface area (Å²) in [5.74, 6) is -0.293. The van der Waals surface area contributed by atoms with Crippen molar-refractivity contribution in [3.05, 3.63) is 23.9 Å². The highest BCUT2D eigenvalue weighted by Crippen LogP contribution is 2.17. The van der Waals surface area contributed by atoms with Crippen LogP contribution in [-0.2, 0) is 4.74 Å². The van der Waals surface area contributed by atoms with Gasteiger partial charge in [0.1, 0.15) is 5.82 Å². The molecule has 0 aromatic carbocycles. The number of aromatic carboxylic acids is 1. The van der Waals surface area contributed by atoms with Gasteiger partial charge in [-0.15, -0.1) is 0 Å². The zero-order chi connectivity index (χ0) is 11.5.